The van der Waals surface area contributed by atoms with Crippen LogP contribution in [-0.2, 0) is 19.1 Å². The Balaban J connectivity index is 3.61. The standard InChI is InChI=1S/C28H54O4/c1-4-7-9-11-13-15-17-19-24-31-27(29)23-21-22-26(6-3)28(30)32-25-20-18-16-14-12-10-8-5-2/h26H,4-25H2,1-3H3. The molecule has 0 aromatic carbocycles. The highest BCUT2D eigenvalue weighted by atomic mass is 16.5. The summed E-state index contributed by atoms with van der Waals surface area (Å²) in [4.78, 5) is 24.2. The van der Waals surface area contributed by atoms with E-state index in [2.05, 4.69) is 13.8 Å². The summed E-state index contributed by atoms with van der Waals surface area (Å²) in [7, 11) is 0. The second kappa shape index (κ2) is 24.6. The second-order valence-corrected chi connectivity index (χ2v) is 9.34. The SMILES string of the molecule is CCCCCCCCCCOC(=O)CCCC(CC)C(=O)OCCCCCCCCCC. The predicted molar refractivity (Wildman–Crippen MR) is 135 cm³/mol. The number of rotatable bonds is 24. The van der Waals surface area contributed by atoms with Gasteiger partial charge in [-0.1, -0.05) is 111 Å². The van der Waals surface area contributed by atoms with Crippen molar-refractivity contribution in [3.05, 3.63) is 0 Å². The third-order valence-corrected chi connectivity index (χ3v) is 6.26. The molecule has 0 bridgehead atoms. The average Bonchev–Trinajstić information content (AvgIpc) is 2.79. The Morgan fingerprint density at radius 1 is 0.562 bits per heavy atom. The minimum absolute atomic E-state index is 0.0930. The lowest BCUT2D eigenvalue weighted by molar-refractivity contribution is -0.150. The zero-order valence-electron chi connectivity index (χ0n) is 21.8. The molecule has 4 nitrogen and oxygen atoms in total. The fourth-order valence-electron chi connectivity index (χ4n) is 4.00. The van der Waals surface area contributed by atoms with E-state index >= 15 is 0 Å². The maximum atomic E-state index is 12.3. The van der Waals surface area contributed by atoms with Gasteiger partial charge in [-0.05, 0) is 32.1 Å². The number of ether oxygens (including phenoxy) is 2. The Morgan fingerprint density at radius 2 is 1.00 bits per heavy atom. The maximum Gasteiger partial charge on any atom is 0.308 e. The van der Waals surface area contributed by atoms with E-state index in [0.717, 1.165) is 32.1 Å². The predicted octanol–water partition coefficient (Wildman–Crippen LogP) is 8.55. The first-order valence-electron chi connectivity index (χ1n) is 14.0. The highest BCUT2D eigenvalue weighted by Crippen LogP contribution is 2.16. The summed E-state index contributed by atoms with van der Waals surface area (Å²) in [5.74, 6) is -0.317. The first-order chi connectivity index (χ1) is 15.7. The number of hydrogen-bond acceptors (Lipinski definition) is 4. The van der Waals surface area contributed by atoms with Gasteiger partial charge in [0.2, 0.25) is 0 Å². The molecule has 0 N–H and O–H groups in total. The van der Waals surface area contributed by atoms with Crippen LogP contribution in [0.25, 0.3) is 0 Å². The van der Waals surface area contributed by atoms with Crippen molar-refractivity contribution in [2.75, 3.05) is 13.2 Å². The third kappa shape index (κ3) is 20.8. The van der Waals surface area contributed by atoms with Gasteiger partial charge in [0, 0.05) is 6.42 Å². The van der Waals surface area contributed by atoms with Gasteiger partial charge in [0.1, 0.15) is 0 Å². The van der Waals surface area contributed by atoms with E-state index in [-0.39, 0.29) is 17.9 Å². The molecule has 0 saturated heterocycles. The molecule has 0 aliphatic rings. The van der Waals surface area contributed by atoms with Crippen LogP contribution < -0.4 is 0 Å². The zero-order valence-corrected chi connectivity index (χ0v) is 21.8. The van der Waals surface area contributed by atoms with Gasteiger partial charge in [-0.25, -0.2) is 0 Å². The van der Waals surface area contributed by atoms with Crippen molar-refractivity contribution in [3.8, 4) is 0 Å². The number of carbonyl (C=O) groups is 2. The van der Waals surface area contributed by atoms with Crippen LogP contribution in [0.4, 0.5) is 0 Å². The van der Waals surface area contributed by atoms with Gasteiger partial charge >= 0.3 is 11.9 Å². The summed E-state index contributed by atoms with van der Waals surface area (Å²) in [5.41, 5.74) is 0. The molecule has 0 aliphatic heterocycles. The quantitative estimate of drug-likeness (QED) is 0.108. The van der Waals surface area contributed by atoms with Gasteiger partial charge in [0.05, 0.1) is 19.1 Å². The second-order valence-electron chi connectivity index (χ2n) is 9.34. The molecule has 0 aromatic rings. The van der Waals surface area contributed by atoms with E-state index in [9.17, 15) is 9.59 Å². The molecule has 0 aliphatic carbocycles. The summed E-state index contributed by atoms with van der Waals surface area (Å²) in [6.45, 7) is 7.56. The van der Waals surface area contributed by atoms with Crippen LogP contribution in [0, 0.1) is 5.92 Å². The molecule has 32 heavy (non-hydrogen) atoms. The van der Waals surface area contributed by atoms with Crippen molar-refractivity contribution in [3.63, 3.8) is 0 Å². The number of unbranched alkanes of at least 4 members (excludes halogenated alkanes) is 14. The van der Waals surface area contributed by atoms with Gasteiger partial charge in [0.15, 0.2) is 0 Å². The Kier molecular flexibility index (Phi) is 23.8. The average molecular weight is 455 g/mol. The smallest absolute Gasteiger partial charge is 0.308 e. The van der Waals surface area contributed by atoms with Crippen molar-refractivity contribution >= 4 is 11.9 Å². The fourth-order valence-corrected chi connectivity index (χ4v) is 4.00. The minimum Gasteiger partial charge on any atom is -0.466 e. The van der Waals surface area contributed by atoms with Gasteiger partial charge < -0.3 is 9.47 Å². The molecule has 0 aromatic heterocycles. The van der Waals surface area contributed by atoms with E-state index in [1.807, 2.05) is 6.92 Å². The van der Waals surface area contributed by atoms with Crippen molar-refractivity contribution in [2.45, 2.75) is 149 Å². The number of carbonyl (C=O) groups excluding carboxylic acids is 2. The fraction of sp³-hybridized carbons (Fsp3) is 0.929. The highest BCUT2D eigenvalue weighted by molar-refractivity contribution is 5.72. The van der Waals surface area contributed by atoms with Crippen molar-refractivity contribution in [2.24, 2.45) is 5.92 Å². The molecule has 0 rings (SSSR count). The van der Waals surface area contributed by atoms with E-state index in [0.29, 0.717) is 32.5 Å². The first-order valence-corrected chi connectivity index (χ1v) is 14.0. The molecule has 1 unspecified atom stereocenters. The van der Waals surface area contributed by atoms with Crippen LogP contribution in [0.15, 0.2) is 0 Å². The zero-order chi connectivity index (χ0) is 23.7. The molecular formula is C28H54O4. The molecule has 0 amide bonds. The van der Waals surface area contributed by atoms with Gasteiger partial charge in [-0.15, -0.1) is 0 Å². The van der Waals surface area contributed by atoms with Crippen LogP contribution in [0.2, 0.25) is 0 Å². The molecule has 4 heteroatoms. The Hall–Kier alpha value is -1.06. The van der Waals surface area contributed by atoms with E-state index in [1.54, 1.807) is 0 Å². The number of esters is 2. The largest absolute Gasteiger partial charge is 0.466 e. The number of hydrogen-bond donors (Lipinski definition) is 0. The first kappa shape index (κ1) is 30.9. The van der Waals surface area contributed by atoms with Crippen molar-refractivity contribution in [1.82, 2.24) is 0 Å². The molecular weight excluding hydrogens is 400 g/mol. The lowest BCUT2D eigenvalue weighted by Crippen LogP contribution is -2.18. The van der Waals surface area contributed by atoms with Crippen molar-refractivity contribution in [1.29, 1.82) is 0 Å². The molecule has 190 valence electrons. The third-order valence-electron chi connectivity index (χ3n) is 6.26. The molecule has 0 spiro atoms. The Labute approximate surface area is 199 Å². The van der Waals surface area contributed by atoms with Gasteiger partial charge in [0.25, 0.3) is 0 Å². The Bertz CT molecular complexity index is 422. The molecule has 0 saturated carbocycles. The van der Waals surface area contributed by atoms with E-state index in [4.69, 9.17) is 9.47 Å². The lowest BCUT2D eigenvalue weighted by Gasteiger charge is -2.14. The van der Waals surface area contributed by atoms with Crippen LogP contribution in [-0.4, -0.2) is 25.2 Å². The van der Waals surface area contributed by atoms with Crippen LogP contribution >= 0.6 is 0 Å². The Morgan fingerprint density at radius 3 is 1.47 bits per heavy atom. The summed E-state index contributed by atoms with van der Waals surface area (Å²) >= 11 is 0. The topological polar surface area (TPSA) is 52.6 Å². The summed E-state index contributed by atoms with van der Waals surface area (Å²) < 4.78 is 10.8. The van der Waals surface area contributed by atoms with Crippen LogP contribution in [0.3, 0.4) is 0 Å². The lowest BCUT2D eigenvalue weighted by atomic mass is 9.99. The molecule has 0 heterocycles. The van der Waals surface area contributed by atoms with Gasteiger partial charge in [-0.2, -0.15) is 0 Å². The van der Waals surface area contributed by atoms with Crippen LogP contribution in [0.1, 0.15) is 149 Å². The maximum absolute atomic E-state index is 12.3. The van der Waals surface area contributed by atoms with Crippen LogP contribution in [0.5, 0.6) is 0 Å². The van der Waals surface area contributed by atoms with E-state index < -0.39 is 0 Å². The molecule has 1 atom stereocenters. The minimum atomic E-state index is -0.130. The normalized spacial score (nSPS) is 12.0. The van der Waals surface area contributed by atoms with E-state index in [1.165, 1.54) is 77.0 Å². The summed E-state index contributed by atoms with van der Waals surface area (Å²) in [6, 6.07) is 0. The highest BCUT2D eigenvalue weighted by Gasteiger charge is 2.18. The molecule has 0 fully saturated rings. The monoisotopic (exact) mass is 454 g/mol. The van der Waals surface area contributed by atoms with Gasteiger partial charge in [-0.3, -0.25) is 9.59 Å². The summed E-state index contributed by atoms with van der Waals surface area (Å²) in [6.07, 6.45) is 22.4. The van der Waals surface area contributed by atoms with Crippen molar-refractivity contribution < 1.29 is 19.1 Å². The molecule has 0 radical (unpaired) electrons. The summed E-state index contributed by atoms with van der Waals surface area (Å²) in [5, 5.41) is 0.